The lowest BCUT2D eigenvalue weighted by Gasteiger charge is -2.16. The number of nitrogens with zero attached hydrogens (tertiary/aromatic N) is 1. The summed E-state index contributed by atoms with van der Waals surface area (Å²) in [6.45, 7) is 1.89. The normalized spacial score (nSPS) is 11.9. The summed E-state index contributed by atoms with van der Waals surface area (Å²) >= 11 is 0. The molecule has 1 rings (SSSR count). The Balaban J connectivity index is 2.77. The van der Waals surface area contributed by atoms with Gasteiger partial charge in [-0.05, 0) is 6.42 Å². The van der Waals surface area contributed by atoms with E-state index in [2.05, 4.69) is 10.3 Å². The molecular formula is C13H19N3O5. The lowest BCUT2D eigenvalue weighted by molar-refractivity contribution is -0.137. The van der Waals surface area contributed by atoms with Crippen molar-refractivity contribution in [3.63, 3.8) is 0 Å². The number of carbonyl (C=O) groups is 2. The zero-order chi connectivity index (χ0) is 16.0. The van der Waals surface area contributed by atoms with Crippen molar-refractivity contribution in [1.82, 2.24) is 14.9 Å². The quantitative estimate of drug-likeness (QED) is 0.619. The maximum Gasteiger partial charge on any atom is 0.328 e. The number of hydrogen-bond acceptors (Lipinski definition) is 4. The van der Waals surface area contributed by atoms with E-state index in [4.69, 9.17) is 5.11 Å². The van der Waals surface area contributed by atoms with Gasteiger partial charge in [-0.15, -0.1) is 0 Å². The van der Waals surface area contributed by atoms with Gasteiger partial charge in [-0.25, -0.2) is 4.79 Å². The van der Waals surface area contributed by atoms with Crippen LogP contribution in [0.2, 0.25) is 0 Å². The molecule has 0 saturated heterocycles. The van der Waals surface area contributed by atoms with Crippen molar-refractivity contribution in [3.8, 4) is 0 Å². The highest BCUT2D eigenvalue weighted by Gasteiger charge is 2.16. The largest absolute Gasteiger partial charge is 0.481 e. The van der Waals surface area contributed by atoms with Crippen LogP contribution in [0.4, 0.5) is 0 Å². The molecule has 0 saturated carbocycles. The summed E-state index contributed by atoms with van der Waals surface area (Å²) in [4.78, 5) is 47.9. The standard InChI is InChI=1S/C13H19N3O5/c1-3-4-9(6-11(18)19)15-10(17)5-8-7-14-13(21)16(2)12(8)20/h7,9H,3-6H2,1-2H3,(H,14,21)(H,15,17)(H,18,19). The average molecular weight is 297 g/mol. The van der Waals surface area contributed by atoms with Crippen molar-refractivity contribution in [3.05, 3.63) is 32.6 Å². The van der Waals surface area contributed by atoms with Crippen LogP contribution in [0.1, 0.15) is 31.7 Å². The smallest absolute Gasteiger partial charge is 0.328 e. The second kappa shape index (κ2) is 7.41. The third-order valence-electron chi connectivity index (χ3n) is 3.03. The fraction of sp³-hybridized carbons (Fsp3) is 0.538. The van der Waals surface area contributed by atoms with Crippen LogP contribution in [-0.4, -0.2) is 32.6 Å². The monoisotopic (exact) mass is 297 g/mol. The van der Waals surface area contributed by atoms with Crippen LogP contribution in [0.15, 0.2) is 15.8 Å². The Bertz CT molecular complexity index is 631. The van der Waals surface area contributed by atoms with Gasteiger partial charge in [-0.1, -0.05) is 13.3 Å². The lowest BCUT2D eigenvalue weighted by Crippen LogP contribution is -2.40. The maximum atomic E-state index is 11.9. The number of H-pyrrole nitrogens is 1. The van der Waals surface area contributed by atoms with E-state index in [0.29, 0.717) is 6.42 Å². The number of aliphatic carboxylic acids is 1. The van der Waals surface area contributed by atoms with E-state index in [9.17, 15) is 19.2 Å². The number of carboxylic acid groups (broad SMARTS) is 1. The van der Waals surface area contributed by atoms with Crippen molar-refractivity contribution in [2.75, 3.05) is 0 Å². The number of aromatic amines is 1. The molecule has 8 nitrogen and oxygen atoms in total. The fourth-order valence-electron chi connectivity index (χ4n) is 1.98. The van der Waals surface area contributed by atoms with Crippen molar-refractivity contribution < 1.29 is 14.7 Å². The minimum atomic E-state index is -0.992. The first-order valence-electron chi connectivity index (χ1n) is 6.63. The molecular weight excluding hydrogens is 278 g/mol. The van der Waals surface area contributed by atoms with Gasteiger partial charge in [0.15, 0.2) is 0 Å². The minimum absolute atomic E-state index is 0.153. The number of carboxylic acids is 1. The van der Waals surface area contributed by atoms with Gasteiger partial charge in [0.1, 0.15) is 0 Å². The van der Waals surface area contributed by atoms with Crippen molar-refractivity contribution in [1.29, 1.82) is 0 Å². The lowest BCUT2D eigenvalue weighted by atomic mass is 10.1. The molecule has 21 heavy (non-hydrogen) atoms. The Hall–Kier alpha value is -2.38. The van der Waals surface area contributed by atoms with Crippen LogP contribution in [0.3, 0.4) is 0 Å². The molecule has 0 aromatic carbocycles. The highest BCUT2D eigenvalue weighted by atomic mass is 16.4. The van der Waals surface area contributed by atoms with Crippen LogP contribution >= 0.6 is 0 Å². The number of amides is 1. The van der Waals surface area contributed by atoms with Gasteiger partial charge in [0.25, 0.3) is 5.56 Å². The zero-order valence-corrected chi connectivity index (χ0v) is 12.0. The molecule has 1 heterocycles. The highest BCUT2D eigenvalue weighted by molar-refractivity contribution is 5.79. The van der Waals surface area contributed by atoms with Gasteiger partial charge in [-0.3, -0.25) is 19.0 Å². The molecule has 0 fully saturated rings. The van der Waals surface area contributed by atoms with Crippen molar-refractivity contribution in [2.24, 2.45) is 7.05 Å². The van der Waals surface area contributed by atoms with Gasteiger partial charge < -0.3 is 15.4 Å². The van der Waals surface area contributed by atoms with Crippen LogP contribution in [-0.2, 0) is 23.1 Å². The first-order chi connectivity index (χ1) is 9.85. The summed E-state index contributed by atoms with van der Waals surface area (Å²) in [5.41, 5.74) is -0.946. The molecule has 0 bridgehead atoms. The van der Waals surface area contributed by atoms with E-state index in [1.165, 1.54) is 13.2 Å². The molecule has 0 radical (unpaired) electrons. The molecule has 1 amide bonds. The third-order valence-corrected chi connectivity index (χ3v) is 3.03. The summed E-state index contributed by atoms with van der Waals surface area (Å²) in [5, 5.41) is 11.4. The maximum absolute atomic E-state index is 11.9. The first kappa shape index (κ1) is 16.7. The Morgan fingerprint density at radius 1 is 1.43 bits per heavy atom. The zero-order valence-electron chi connectivity index (χ0n) is 12.0. The second-order valence-electron chi connectivity index (χ2n) is 4.81. The topological polar surface area (TPSA) is 121 Å². The van der Waals surface area contributed by atoms with E-state index < -0.39 is 29.2 Å². The average Bonchev–Trinajstić information content (AvgIpc) is 2.39. The molecule has 1 aromatic heterocycles. The van der Waals surface area contributed by atoms with E-state index in [0.717, 1.165) is 11.0 Å². The fourth-order valence-corrected chi connectivity index (χ4v) is 1.98. The first-order valence-corrected chi connectivity index (χ1v) is 6.63. The van der Waals surface area contributed by atoms with Gasteiger partial charge in [0.2, 0.25) is 5.91 Å². The molecule has 1 atom stereocenters. The molecule has 1 aromatic rings. The summed E-state index contributed by atoms with van der Waals surface area (Å²) in [6.07, 6.45) is 2.11. The SMILES string of the molecule is CCCC(CC(=O)O)NC(=O)Cc1c[nH]c(=O)n(C)c1=O. The van der Waals surface area contributed by atoms with Crippen molar-refractivity contribution in [2.45, 2.75) is 38.6 Å². The molecule has 0 spiro atoms. The predicted octanol–water partition coefficient (Wildman–Crippen LogP) is -0.624. The number of nitrogens with one attached hydrogen (secondary N) is 2. The van der Waals surface area contributed by atoms with Crippen LogP contribution in [0.25, 0.3) is 0 Å². The molecule has 8 heteroatoms. The number of carbonyl (C=O) groups excluding carboxylic acids is 1. The number of rotatable bonds is 7. The van der Waals surface area contributed by atoms with Crippen LogP contribution in [0.5, 0.6) is 0 Å². The summed E-state index contributed by atoms with van der Waals surface area (Å²) < 4.78 is 0.878. The van der Waals surface area contributed by atoms with E-state index in [1.807, 2.05) is 6.92 Å². The molecule has 116 valence electrons. The molecule has 0 aliphatic rings. The Morgan fingerprint density at radius 3 is 2.67 bits per heavy atom. The Labute approximate surface area is 120 Å². The minimum Gasteiger partial charge on any atom is -0.481 e. The third kappa shape index (κ3) is 4.90. The van der Waals surface area contributed by atoms with E-state index >= 15 is 0 Å². The van der Waals surface area contributed by atoms with Crippen LogP contribution < -0.4 is 16.6 Å². The van der Waals surface area contributed by atoms with E-state index in [1.54, 1.807) is 0 Å². The number of hydrogen-bond donors (Lipinski definition) is 3. The molecule has 1 unspecified atom stereocenters. The highest BCUT2D eigenvalue weighted by Crippen LogP contribution is 2.02. The molecule has 0 aliphatic heterocycles. The second-order valence-corrected chi connectivity index (χ2v) is 4.81. The Kier molecular flexibility index (Phi) is 5.89. The summed E-state index contributed by atoms with van der Waals surface area (Å²) in [5.74, 6) is -1.44. The summed E-state index contributed by atoms with van der Waals surface area (Å²) in [6, 6.07) is -0.466. The van der Waals surface area contributed by atoms with E-state index in [-0.39, 0.29) is 18.4 Å². The van der Waals surface area contributed by atoms with Crippen molar-refractivity contribution >= 4 is 11.9 Å². The van der Waals surface area contributed by atoms with Gasteiger partial charge in [0.05, 0.1) is 12.8 Å². The molecule has 0 aliphatic carbocycles. The van der Waals surface area contributed by atoms with Crippen LogP contribution in [0, 0.1) is 0 Å². The molecule has 3 N–H and O–H groups in total. The summed E-state index contributed by atoms with van der Waals surface area (Å²) in [7, 11) is 1.31. The predicted molar refractivity (Wildman–Crippen MR) is 75.1 cm³/mol. The van der Waals surface area contributed by atoms with Gasteiger partial charge >= 0.3 is 11.7 Å². The van der Waals surface area contributed by atoms with Gasteiger partial charge in [0, 0.05) is 24.8 Å². The van der Waals surface area contributed by atoms with Gasteiger partial charge in [-0.2, -0.15) is 0 Å². The number of aromatic nitrogens is 2. The Morgan fingerprint density at radius 2 is 2.10 bits per heavy atom.